The monoisotopic (exact) mass is 390 g/mol. The lowest BCUT2D eigenvalue weighted by molar-refractivity contribution is -0.147. The first kappa shape index (κ1) is 21.7. The molecule has 0 aliphatic carbocycles. The molecule has 0 saturated carbocycles. The van der Waals surface area contributed by atoms with Crippen LogP contribution in [0.2, 0.25) is 0 Å². The van der Waals surface area contributed by atoms with Crippen molar-refractivity contribution in [3.63, 3.8) is 0 Å². The molecular weight excluding hydrogens is 368 g/mol. The Bertz CT molecular complexity index is 565. The summed E-state index contributed by atoms with van der Waals surface area (Å²) in [5.41, 5.74) is 0. The molecule has 12 heteroatoms. The molecule has 11 nitrogen and oxygen atoms in total. The third-order valence-corrected chi connectivity index (χ3v) is 3.99. The van der Waals surface area contributed by atoms with E-state index in [9.17, 15) is 24.0 Å². The first-order valence-electron chi connectivity index (χ1n) is 7.91. The lowest BCUT2D eigenvalue weighted by Crippen LogP contribution is -2.54. The van der Waals surface area contributed by atoms with Gasteiger partial charge in [-0.05, 0) is 19.4 Å². The van der Waals surface area contributed by atoms with Crippen molar-refractivity contribution in [2.45, 2.75) is 37.4 Å². The molecule has 1 aliphatic heterocycles. The van der Waals surface area contributed by atoms with Gasteiger partial charge in [0.1, 0.15) is 12.1 Å². The van der Waals surface area contributed by atoms with Crippen LogP contribution in [0.1, 0.15) is 19.3 Å². The number of carboxylic acids is 2. The molecule has 0 aromatic heterocycles. The van der Waals surface area contributed by atoms with Gasteiger partial charge in [0.25, 0.3) is 0 Å². The minimum absolute atomic E-state index is 0.144. The number of rotatable bonds is 10. The van der Waals surface area contributed by atoms with E-state index in [-0.39, 0.29) is 24.2 Å². The van der Waals surface area contributed by atoms with Gasteiger partial charge in [0.2, 0.25) is 17.7 Å². The zero-order valence-electron chi connectivity index (χ0n) is 13.9. The molecule has 0 radical (unpaired) electrons. The van der Waals surface area contributed by atoms with Gasteiger partial charge in [-0.2, -0.15) is 12.6 Å². The van der Waals surface area contributed by atoms with E-state index in [1.54, 1.807) is 0 Å². The summed E-state index contributed by atoms with van der Waals surface area (Å²) >= 11 is 3.92. The molecule has 0 spiro atoms. The van der Waals surface area contributed by atoms with E-state index in [0.29, 0.717) is 6.42 Å². The van der Waals surface area contributed by atoms with Crippen molar-refractivity contribution in [3.8, 4) is 0 Å². The van der Waals surface area contributed by atoms with Crippen molar-refractivity contribution >= 4 is 42.3 Å². The molecule has 3 amide bonds. The van der Waals surface area contributed by atoms with Gasteiger partial charge in [-0.1, -0.05) is 0 Å². The molecule has 146 valence electrons. The number of hydrogen-bond donors (Lipinski definition) is 7. The number of carbonyl (C=O) groups is 5. The summed E-state index contributed by atoms with van der Waals surface area (Å²) in [5.74, 6) is -4.91. The van der Waals surface area contributed by atoms with Gasteiger partial charge in [-0.15, -0.1) is 0 Å². The highest BCUT2D eigenvalue weighted by atomic mass is 32.1. The number of hydrogen-bond acceptors (Lipinski definition) is 7. The van der Waals surface area contributed by atoms with Crippen LogP contribution >= 0.6 is 12.6 Å². The van der Waals surface area contributed by atoms with E-state index < -0.39 is 42.3 Å². The van der Waals surface area contributed by atoms with Gasteiger partial charge < -0.3 is 31.5 Å². The maximum absolute atomic E-state index is 12.0. The highest BCUT2D eigenvalue weighted by molar-refractivity contribution is 7.80. The van der Waals surface area contributed by atoms with E-state index in [4.69, 9.17) is 10.2 Å². The SMILES string of the molecule is O=C(O)CC(NC(=O)C(CS)NC(=O)CNC(=O)C1CCCN1)C(=O)O. The lowest BCUT2D eigenvalue weighted by atomic mass is 10.2. The molecule has 6 N–H and O–H groups in total. The van der Waals surface area contributed by atoms with Gasteiger partial charge in [-0.25, -0.2) is 4.79 Å². The maximum atomic E-state index is 12.0. The van der Waals surface area contributed by atoms with Crippen LogP contribution in [0.3, 0.4) is 0 Å². The Morgan fingerprint density at radius 1 is 1.12 bits per heavy atom. The molecule has 1 saturated heterocycles. The van der Waals surface area contributed by atoms with E-state index >= 15 is 0 Å². The Morgan fingerprint density at radius 3 is 2.31 bits per heavy atom. The van der Waals surface area contributed by atoms with Crippen LogP contribution in [0.4, 0.5) is 0 Å². The Hall–Kier alpha value is -2.34. The molecule has 1 aliphatic rings. The number of thiol groups is 1. The number of aliphatic carboxylic acids is 2. The Kier molecular flexibility index (Phi) is 8.85. The third kappa shape index (κ3) is 7.27. The summed E-state index contributed by atoms with van der Waals surface area (Å²) in [6, 6.07) is -3.16. The quantitative estimate of drug-likeness (QED) is 0.197. The average Bonchev–Trinajstić information content (AvgIpc) is 3.10. The molecular formula is C14H22N4O7S. The van der Waals surface area contributed by atoms with Crippen molar-refractivity contribution in [2.75, 3.05) is 18.8 Å². The molecule has 0 bridgehead atoms. The fraction of sp³-hybridized carbons (Fsp3) is 0.643. The van der Waals surface area contributed by atoms with Crippen molar-refractivity contribution in [1.29, 1.82) is 0 Å². The highest BCUT2D eigenvalue weighted by Gasteiger charge is 2.28. The van der Waals surface area contributed by atoms with Gasteiger partial charge in [0, 0.05) is 5.75 Å². The Labute approximate surface area is 154 Å². The normalized spacial score (nSPS) is 18.4. The van der Waals surface area contributed by atoms with Crippen LogP contribution in [0, 0.1) is 0 Å². The van der Waals surface area contributed by atoms with Crippen molar-refractivity contribution < 1.29 is 34.2 Å². The largest absolute Gasteiger partial charge is 0.481 e. The van der Waals surface area contributed by atoms with Crippen LogP contribution < -0.4 is 21.3 Å². The second kappa shape index (κ2) is 10.6. The summed E-state index contributed by atoms with van der Waals surface area (Å²) < 4.78 is 0. The fourth-order valence-corrected chi connectivity index (χ4v) is 2.54. The summed E-state index contributed by atoms with van der Waals surface area (Å²) in [4.78, 5) is 57.3. The molecule has 1 heterocycles. The van der Waals surface area contributed by atoms with Crippen LogP contribution in [0.25, 0.3) is 0 Å². The second-order valence-electron chi connectivity index (χ2n) is 5.67. The van der Waals surface area contributed by atoms with Crippen LogP contribution in [0.15, 0.2) is 0 Å². The van der Waals surface area contributed by atoms with Crippen molar-refractivity contribution in [1.82, 2.24) is 21.3 Å². The second-order valence-corrected chi connectivity index (χ2v) is 6.03. The van der Waals surface area contributed by atoms with E-state index in [1.165, 1.54) is 0 Å². The number of carbonyl (C=O) groups excluding carboxylic acids is 3. The lowest BCUT2D eigenvalue weighted by Gasteiger charge is -2.19. The van der Waals surface area contributed by atoms with Crippen molar-refractivity contribution in [3.05, 3.63) is 0 Å². The average molecular weight is 390 g/mol. The van der Waals surface area contributed by atoms with Crippen LogP contribution in [-0.2, 0) is 24.0 Å². The van der Waals surface area contributed by atoms with E-state index in [1.807, 2.05) is 5.32 Å². The fourth-order valence-electron chi connectivity index (χ4n) is 2.29. The zero-order chi connectivity index (χ0) is 19.7. The summed E-state index contributed by atoms with van der Waals surface area (Å²) in [6.07, 6.45) is 0.737. The topological polar surface area (TPSA) is 174 Å². The smallest absolute Gasteiger partial charge is 0.326 e. The molecule has 3 unspecified atom stereocenters. The Balaban J connectivity index is 2.49. The minimum Gasteiger partial charge on any atom is -0.481 e. The van der Waals surface area contributed by atoms with Crippen molar-refractivity contribution in [2.24, 2.45) is 0 Å². The van der Waals surface area contributed by atoms with E-state index in [2.05, 4.69) is 28.6 Å². The van der Waals surface area contributed by atoms with E-state index in [0.717, 1.165) is 13.0 Å². The predicted octanol–water partition coefficient (Wildman–Crippen LogP) is -2.69. The molecule has 1 rings (SSSR count). The molecule has 1 fully saturated rings. The van der Waals surface area contributed by atoms with Crippen LogP contribution in [-0.4, -0.2) is 76.8 Å². The number of amides is 3. The molecule has 3 atom stereocenters. The third-order valence-electron chi connectivity index (χ3n) is 3.63. The summed E-state index contributed by atoms with van der Waals surface area (Å²) in [7, 11) is 0. The van der Waals surface area contributed by atoms with Gasteiger partial charge in [0.15, 0.2) is 0 Å². The summed E-state index contributed by atoms with van der Waals surface area (Å²) in [6.45, 7) is 0.374. The standard InChI is InChI=1S/C14H22N4O7S/c19-10(5-16-12(22)7-2-1-3-15-7)17-9(6-26)13(23)18-8(14(24)25)4-11(20)21/h7-9,15,26H,1-6H2,(H,16,22)(H,17,19)(H,18,23)(H,20,21)(H,24,25). The summed E-state index contributed by atoms with van der Waals surface area (Å²) in [5, 5.41) is 27.3. The first-order valence-corrected chi connectivity index (χ1v) is 8.54. The van der Waals surface area contributed by atoms with Crippen LogP contribution in [0.5, 0.6) is 0 Å². The number of nitrogens with one attached hydrogen (secondary N) is 4. The van der Waals surface area contributed by atoms with Gasteiger partial charge in [-0.3, -0.25) is 19.2 Å². The first-order chi connectivity index (χ1) is 12.2. The van der Waals surface area contributed by atoms with Gasteiger partial charge >= 0.3 is 11.9 Å². The number of carboxylic acid groups (broad SMARTS) is 2. The zero-order valence-corrected chi connectivity index (χ0v) is 14.8. The Morgan fingerprint density at radius 2 is 1.81 bits per heavy atom. The maximum Gasteiger partial charge on any atom is 0.326 e. The highest BCUT2D eigenvalue weighted by Crippen LogP contribution is 2.04. The minimum atomic E-state index is -1.63. The van der Waals surface area contributed by atoms with Gasteiger partial charge in [0.05, 0.1) is 19.0 Å². The molecule has 26 heavy (non-hydrogen) atoms. The molecule has 0 aromatic rings. The predicted molar refractivity (Wildman–Crippen MR) is 91.6 cm³/mol. The molecule has 0 aromatic carbocycles.